The SMILES string of the molecule is N#Cc1ccc(N2CCCN(CCC(=O)NC(N)=O)CC2)cc1. The molecule has 1 aliphatic rings. The van der Waals surface area contributed by atoms with Gasteiger partial charge in [-0.2, -0.15) is 5.26 Å². The molecule has 1 saturated heterocycles. The Morgan fingerprint density at radius 3 is 2.57 bits per heavy atom. The molecule has 7 heteroatoms. The zero-order valence-corrected chi connectivity index (χ0v) is 13.0. The number of primary amides is 1. The molecule has 1 aliphatic heterocycles. The number of nitrogens with one attached hydrogen (secondary N) is 1. The Bertz CT molecular complexity index is 593. The lowest BCUT2D eigenvalue weighted by molar-refractivity contribution is -0.120. The van der Waals surface area contributed by atoms with E-state index in [2.05, 4.69) is 21.2 Å². The van der Waals surface area contributed by atoms with Gasteiger partial charge >= 0.3 is 6.03 Å². The fraction of sp³-hybridized carbons (Fsp3) is 0.438. The highest BCUT2D eigenvalue weighted by molar-refractivity contribution is 5.93. The van der Waals surface area contributed by atoms with Gasteiger partial charge in [-0.05, 0) is 37.2 Å². The lowest BCUT2D eigenvalue weighted by Gasteiger charge is -2.23. The molecule has 1 heterocycles. The average molecular weight is 315 g/mol. The van der Waals surface area contributed by atoms with Gasteiger partial charge in [0.15, 0.2) is 0 Å². The van der Waals surface area contributed by atoms with Crippen molar-refractivity contribution in [2.45, 2.75) is 12.8 Å². The summed E-state index contributed by atoms with van der Waals surface area (Å²) in [4.78, 5) is 26.6. The topological polar surface area (TPSA) is 102 Å². The second kappa shape index (κ2) is 8.15. The van der Waals surface area contributed by atoms with Gasteiger partial charge in [-0.1, -0.05) is 0 Å². The third-order valence-corrected chi connectivity index (χ3v) is 3.87. The molecule has 0 spiro atoms. The molecule has 7 nitrogen and oxygen atoms in total. The van der Waals surface area contributed by atoms with Crippen LogP contribution in [-0.2, 0) is 4.79 Å². The number of anilines is 1. The van der Waals surface area contributed by atoms with E-state index in [0.29, 0.717) is 12.1 Å². The summed E-state index contributed by atoms with van der Waals surface area (Å²) in [5.41, 5.74) is 6.69. The fourth-order valence-electron chi connectivity index (χ4n) is 2.66. The van der Waals surface area contributed by atoms with E-state index in [1.807, 2.05) is 24.3 Å². The molecule has 23 heavy (non-hydrogen) atoms. The maximum absolute atomic E-state index is 11.5. The van der Waals surface area contributed by atoms with E-state index in [-0.39, 0.29) is 12.3 Å². The Morgan fingerprint density at radius 2 is 1.91 bits per heavy atom. The first-order valence-corrected chi connectivity index (χ1v) is 7.65. The second-order valence-corrected chi connectivity index (χ2v) is 5.50. The molecule has 3 N–H and O–H groups in total. The number of nitrogens with zero attached hydrogens (tertiary/aromatic N) is 3. The maximum atomic E-state index is 11.5. The molecule has 1 aromatic rings. The molecule has 0 atom stereocenters. The predicted molar refractivity (Wildman–Crippen MR) is 86.8 cm³/mol. The molecule has 1 aromatic carbocycles. The maximum Gasteiger partial charge on any atom is 0.318 e. The Kier molecular flexibility index (Phi) is 5.94. The molecule has 0 bridgehead atoms. The number of benzene rings is 1. The highest BCUT2D eigenvalue weighted by atomic mass is 16.2. The van der Waals surface area contributed by atoms with Crippen LogP contribution in [0.4, 0.5) is 10.5 Å². The first-order valence-electron chi connectivity index (χ1n) is 7.65. The zero-order chi connectivity index (χ0) is 16.7. The van der Waals surface area contributed by atoms with Crippen molar-refractivity contribution in [3.8, 4) is 6.07 Å². The number of urea groups is 1. The van der Waals surface area contributed by atoms with E-state index in [4.69, 9.17) is 11.0 Å². The highest BCUT2D eigenvalue weighted by Crippen LogP contribution is 2.17. The van der Waals surface area contributed by atoms with E-state index in [9.17, 15) is 9.59 Å². The van der Waals surface area contributed by atoms with Crippen LogP contribution >= 0.6 is 0 Å². The summed E-state index contributed by atoms with van der Waals surface area (Å²) in [6, 6.07) is 8.90. The predicted octanol–water partition coefficient (Wildman–Crippen LogP) is 0.655. The van der Waals surface area contributed by atoms with Crippen molar-refractivity contribution in [2.75, 3.05) is 37.6 Å². The summed E-state index contributed by atoms with van der Waals surface area (Å²) < 4.78 is 0. The molecular formula is C16H21N5O2. The number of nitriles is 1. The van der Waals surface area contributed by atoms with Crippen LogP contribution in [0.2, 0.25) is 0 Å². The van der Waals surface area contributed by atoms with Crippen molar-refractivity contribution < 1.29 is 9.59 Å². The Morgan fingerprint density at radius 1 is 1.17 bits per heavy atom. The monoisotopic (exact) mass is 315 g/mol. The van der Waals surface area contributed by atoms with Crippen LogP contribution in [0.15, 0.2) is 24.3 Å². The lowest BCUT2D eigenvalue weighted by atomic mass is 10.2. The van der Waals surface area contributed by atoms with Gasteiger partial charge in [-0.3, -0.25) is 10.1 Å². The minimum Gasteiger partial charge on any atom is -0.370 e. The molecule has 0 radical (unpaired) electrons. The lowest BCUT2D eigenvalue weighted by Crippen LogP contribution is -2.38. The number of hydrogen-bond donors (Lipinski definition) is 2. The van der Waals surface area contributed by atoms with Crippen LogP contribution in [-0.4, -0.2) is 49.6 Å². The van der Waals surface area contributed by atoms with Crippen molar-refractivity contribution in [1.29, 1.82) is 5.26 Å². The first kappa shape index (κ1) is 16.8. The molecule has 0 saturated carbocycles. The summed E-state index contributed by atoms with van der Waals surface area (Å²) in [6.45, 7) is 4.18. The number of carbonyl (C=O) groups excluding carboxylic acids is 2. The molecule has 122 valence electrons. The summed E-state index contributed by atoms with van der Waals surface area (Å²) in [6.07, 6.45) is 1.26. The van der Waals surface area contributed by atoms with Gasteiger partial charge in [0.25, 0.3) is 0 Å². The fourth-order valence-corrected chi connectivity index (χ4v) is 2.66. The van der Waals surface area contributed by atoms with Crippen molar-refractivity contribution in [3.63, 3.8) is 0 Å². The van der Waals surface area contributed by atoms with Crippen molar-refractivity contribution >= 4 is 17.6 Å². The number of hydrogen-bond acceptors (Lipinski definition) is 5. The summed E-state index contributed by atoms with van der Waals surface area (Å²) in [5.74, 6) is -0.342. The van der Waals surface area contributed by atoms with E-state index in [1.165, 1.54) is 0 Å². The van der Waals surface area contributed by atoms with Crippen molar-refractivity contribution in [3.05, 3.63) is 29.8 Å². The highest BCUT2D eigenvalue weighted by Gasteiger charge is 2.16. The van der Waals surface area contributed by atoms with Gasteiger partial charge in [0.05, 0.1) is 11.6 Å². The molecule has 0 aromatic heterocycles. The number of amides is 3. The largest absolute Gasteiger partial charge is 0.370 e. The van der Waals surface area contributed by atoms with E-state index >= 15 is 0 Å². The number of nitrogens with two attached hydrogens (primary N) is 1. The van der Waals surface area contributed by atoms with Crippen LogP contribution in [0.5, 0.6) is 0 Å². The van der Waals surface area contributed by atoms with Crippen LogP contribution in [0.3, 0.4) is 0 Å². The summed E-state index contributed by atoms with van der Waals surface area (Å²) in [5, 5.41) is 10.9. The zero-order valence-electron chi connectivity index (χ0n) is 13.0. The Balaban J connectivity index is 1.83. The van der Waals surface area contributed by atoms with E-state index in [0.717, 1.165) is 38.3 Å². The van der Waals surface area contributed by atoms with E-state index in [1.54, 1.807) is 0 Å². The van der Waals surface area contributed by atoms with Gasteiger partial charge in [0.2, 0.25) is 5.91 Å². The first-order chi connectivity index (χ1) is 11.1. The molecule has 3 amide bonds. The number of carbonyl (C=O) groups is 2. The molecular weight excluding hydrogens is 294 g/mol. The molecule has 2 rings (SSSR count). The molecule has 0 aliphatic carbocycles. The van der Waals surface area contributed by atoms with Gasteiger partial charge in [-0.15, -0.1) is 0 Å². The van der Waals surface area contributed by atoms with Crippen LogP contribution < -0.4 is 16.0 Å². The molecule has 0 unspecified atom stereocenters. The smallest absolute Gasteiger partial charge is 0.318 e. The third-order valence-electron chi connectivity index (χ3n) is 3.87. The van der Waals surface area contributed by atoms with Crippen LogP contribution in [0.1, 0.15) is 18.4 Å². The third kappa shape index (κ3) is 5.27. The average Bonchev–Trinajstić information content (AvgIpc) is 2.78. The Hall–Kier alpha value is -2.59. The number of imide groups is 1. The van der Waals surface area contributed by atoms with Crippen LogP contribution in [0.25, 0.3) is 0 Å². The van der Waals surface area contributed by atoms with Crippen LogP contribution in [0, 0.1) is 11.3 Å². The van der Waals surface area contributed by atoms with Crippen molar-refractivity contribution in [1.82, 2.24) is 10.2 Å². The number of rotatable bonds is 4. The quantitative estimate of drug-likeness (QED) is 0.849. The standard InChI is InChI=1S/C16H21N5O2/c17-12-13-2-4-14(5-3-13)21-8-1-7-20(10-11-21)9-6-15(22)19-16(18)23/h2-5H,1,6-11H2,(H3,18,19,22,23). The van der Waals surface area contributed by atoms with E-state index < -0.39 is 6.03 Å². The minimum atomic E-state index is -0.808. The van der Waals surface area contributed by atoms with Crippen molar-refractivity contribution in [2.24, 2.45) is 5.73 Å². The minimum absolute atomic E-state index is 0.264. The van der Waals surface area contributed by atoms with Gasteiger partial charge < -0.3 is 15.5 Å². The summed E-state index contributed by atoms with van der Waals surface area (Å²) in [7, 11) is 0. The van der Waals surface area contributed by atoms with Gasteiger partial charge in [-0.25, -0.2) is 4.79 Å². The Labute approximate surface area is 135 Å². The van der Waals surface area contributed by atoms with Gasteiger partial charge in [0, 0.05) is 38.3 Å². The normalized spacial score (nSPS) is 15.5. The van der Waals surface area contributed by atoms with Gasteiger partial charge in [0.1, 0.15) is 0 Å². The second-order valence-electron chi connectivity index (χ2n) is 5.50. The molecule has 1 fully saturated rings. The summed E-state index contributed by atoms with van der Waals surface area (Å²) >= 11 is 0.